The van der Waals surface area contributed by atoms with Gasteiger partial charge in [0.25, 0.3) is 0 Å². The fourth-order valence-electron chi connectivity index (χ4n) is 4.76. The molecule has 1 unspecified atom stereocenters. The van der Waals surface area contributed by atoms with Gasteiger partial charge < -0.3 is 9.47 Å². The van der Waals surface area contributed by atoms with Crippen LogP contribution >= 0.6 is 0 Å². The van der Waals surface area contributed by atoms with Crippen molar-refractivity contribution in [2.45, 2.75) is 83.1 Å². The Labute approximate surface area is 145 Å². The number of carbonyl (C=O) groups excluding carboxylic acids is 1. The standard InChI is InChI=1S/C20H31N3O/c1-15-13-21-20(17-9-10-17)23(15)18-7-4-12-22(14-18)19(24)11-8-16-5-2-3-6-16/h13,16-18H,2-12,14H2,1H3. The van der Waals surface area contributed by atoms with E-state index in [1.165, 1.54) is 56.5 Å². The third kappa shape index (κ3) is 3.38. The molecule has 1 aromatic rings. The van der Waals surface area contributed by atoms with Gasteiger partial charge in [-0.15, -0.1) is 0 Å². The average Bonchev–Trinajstić information content (AvgIpc) is 3.16. The van der Waals surface area contributed by atoms with E-state index in [4.69, 9.17) is 0 Å². The Morgan fingerprint density at radius 3 is 2.71 bits per heavy atom. The van der Waals surface area contributed by atoms with Gasteiger partial charge in [0, 0.05) is 37.3 Å². The number of piperidine rings is 1. The number of aromatic nitrogens is 2. The molecular formula is C20H31N3O. The van der Waals surface area contributed by atoms with Crippen molar-refractivity contribution in [1.29, 1.82) is 0 Å². The average molecular weight is 329 g/mol. The monoisotopic (exact) mass is 329 g/mol. The fourth-order valence-corrected chi connectivity index (χ4v) is 4.76. The number of amides is 1. The van der Waals surface area contributed by atoms with Crippen LogP contribution in [0, 0.1) is 12.8 Å². The van der Waals surface area contributed by atoms with E-state index in [9.17, 15) is 4.79 Å². The molecule has 2 aliphatic carbocycles. The summed E-state index contributed by atoms with van der Waals surface area (Å²) in [5.41, 5.74) is 1.27. The van der Waals surface area contributed by atoms with E-state index in [2.05, 4.69) is 21.4 Å². The van der Waals surface area contributed by atoms with E-state index in [0.717, 1.165) is 38.3 Å². The minimum atomic E-state index is 0.386. The van der Waals surface area contributed by atoms with E-state index in [-0.39, 0.29) is 0 Å². The smallest absolute Gasteiger partial charge is 0.222 e. The van der Waals surface area contributed by atoms with Crippen molar-refractivity contribution in [2.75, 3.05) is 13.1 Å². The van der Waals surface area contributed by atoms with E-state index >= 15 is 0 Å². The number of carbonyl (C=O) groups is 1. The molecule has 1 aliphatic heterocycles. The van der Waals surface area contributed by atoms with Crippen molar-refractivity contribution in [3.63, 3.8) is 0 Å². The van der Waals surface area contributed by atoms with Crippen molar-refractivity contribution in [1.82, 2.24) is 14.5 Å². The van der Waals surface area contributed by atoms with E-state index in [0.29, 0.717) is 17.9 Å². The van der Waals surface area contributed by atoms with Crippen LogP contribution in [0.2, 0.25) is 0 Å². The molecule has 1 atom stereocenters. The first kappa shape index (κ1) is 16.2. The highest BCUT2D eigenvalue weighted by Crippen LogP contribution is 2.41. The topological polar surface area (TPSA) is 38.1 Å². The van der Waals surface area contributed by atoms with Crippen molar-refractivity contribution >= 4 is 5.91 Å². The SMILES string of the molecule is Cc1cnc(C2CC2)n1C1CCCN(C(=O)CCC2CCCC2)C1. The van der Waals surface area contributed by atoms with E-state index in [1.807, 2.05) is 6.20 Å². The molecule has 3 fully saturated rings. The highest BCUT2D eigenvalue weighted by Gasteiger charge is 2.33. The van der Waals surface area contributed by atoms with Crippen LogP contribution in [0.5, 0.6) is 0 Å². The largest absolute Gasteiger partial charge is 0.341 e. The predicted octanol–water partition coefficient (Wildman–Crippen LogP) is 4.20. The summed E-state index contributed by atoms with van der Waals surface area (Å²) in [6, 6.07) is 0.437. The minimum absolute atomic E-state index is 0.386. The number of hydrogen-bond acceptors (Lipinski definition) is 2. The Hall–Kier alpha value is -1.32. The molecule has 0 spiro atoms. The van der Waals surface area contributed by atoms with Crippen molar-refractivity contribution in [3.8, 4) is 0 Å². The number of likely N-dealkylation sites (tertiary alicyclic amines) is 1. The number of rotatable bonds is 5. The van der Waals surface area contributed by atoms with Crippen LogP contribution in [-0.2, 0) is 4.79 Å². The first-order valence-electron chi connectivity index (χ1n) is 10.0. The van der Waals surface area contributed by atoms with Gasteiger partial charge in [0.15, 0.2) is 0 Å². The van der Waals surface area contributed by atoms with Crippen LogP contribution in [0.15, 0.2) is 6.20 Å². The van der Waals surface area contributed by atoms with Crippen LogP contribution in [0.3, 0.4) is 0 Å². The molecule has 4 rings (SSSR count). The van der Waals surface area contributed by atoms with E-state index < -0.39 is 0 Å². The van der Waals surface area contributed by atoms with Gasteiger partial charge in [0.05, 0.1) is 6.04 Å². The zero-order chi connectivity index (χ0) is 16.5. The minimum Gasteiger partial charge on any atom is -0.341 e. The summed E-state index contributed by atoms with van der Waals surface area (Å²) in [4.78, 5) is 19.5. The molecule has 4 heteroatoms. The highest BCUT2D eigenvalue weighted by atomic mass is 16.2. The fraction of sp³-hybridized carbons (Fsp3) is 0.800. The number of imidazole rings is 1. The maximum atomic E-state index is 12.7. The van der Waals surface area contributed by atoms with Crippen LogP contribution in [0.25, 0.3) is 0 Å². The summed E-state index contributed by atoms with van der Waals surface area (Å²) < 4.78 is 2.45. The summed E-state index contributed by atoms with van der Waals surface area (Å²) in [5, 5.41) is 0. The van der Waals surface area contributed by atoms with Gasteiger partial charge in [0.2, 0.25) is 5.91 Å². The quantitative estimate of drug-likeness (QED) is 0.812. The lowest BCUT2D eigenvalue weighted by Crippen LogP contribution is -2.41. The second kappa shape index (κ2) is 6.89. The van der Waals surface area contributed by atoms with Crippen LogP contribution in [0.4, 0.5) is 0 Å². The van der Waals surface area contributed by atoms with E-state index in [1.54, 1.807) is 0 Å². The molecule has 4 nitrogen and oxygen atoms in total. The van der Waals surface area contributed by atoms with Gasteiger partial charge in [-0.2, -0.15) is 0 Å². The van der Waals surface area contributed by atoms with Crippen LogP contribution in [0.1, 0.15) is 87.7 Å². The zero-order valence-electron chi connectivity index (χ0n) is 15.0. The second-order valence-electron chi connectivity index (χ2n) is 8.23. The molecule has 0 radical (unpaired) electrons. The Balaban J connectivity index is 1.38. The summed E-state index contributed by atoms with van der Waals surface area (Å²) in [6.07, 6.45) is 14.2. The molecule has 2 saturated carbocycles. The van der Waals surface area contributed by atoms with Crippen LogP contribution < -0.4 is 0 Å². The first-order valence-corrected chi connectivity index (χ1v) is 10.0. The maximum absolute atomic E-state index is 12.7. The lowest BCUT2D eigenvalue weighted by atomic mass is 10.00. The van der Waals surface area contributed by atoms with Gasteiger partial charge >= 0.3 is 0 Å². The molecule has 0 N–H and O–H groups in total. The molecule has 1 aromatic heterocycles. The zero-order valence-corrected chi connectivity index (χ0v) is 15.0. The third-order valence-electron chi connectivity index (χ3n) is 6.31. The number of aryl methyl sites for hydroxylation is 1. The third-order valence-corrected chi connectivity index (χ3v) is 6.31. The van der Waals surface area contributed by atoms with Gasteiger partial charge in [-0.05, 0) is 44.9 Å². The molecular weight excluding hydrogens is 298 g/mol. The van der Waals surface area contributed by atoms with Gasteiger partial charge in [0.1, 0.15) is 5.82 Å². The lowest BCUT2D eigenvalue weighted by molar-refractivity contribution is -0.133. The van der Waals surface area contributed by atoms with Gasteiger partial charge in [-0.25, -0.2) is 4.98 Å². The highest BCUT2D eigenvalue weighted by molar-refractivity contribution is 5.76. The first-order chi connectivity index (χ1) is 11.7. The Bertz CT molecular complexity index is 584. The van der Waals surface area contributed by atoms with Crippen molar-refractivity contribution in [2.24, 2.45) is 5.92 Å². The van der Waals surface area contributed by atoms with Crippen molar-refractivity contribution < 1.29 is 4.79 Å². The Morgan fingerprint density at radius 2 is 1.96 bits per heavy atom. The molecule has 0 aromatic carbocycles. The summed E-state index contributed by atoms with van der Waals surface area (Å²) in [6.45, 7) is 4.01. The number of hydrogen-bond donors (Lipinski definition) is 0. The molecule has 1 amide bonds. The summed E-state index contributed by atoms with van der Waals surface area (Å²) in [7, 11) is 0. The number of nitrogens with zero attached hydrogens (tertiary/aromatic N) is 3. The molecule has 1 saturated heterocycles. The van der Waals surface area contributed by atoms with Gasteiger partial charge in [-0.3, -0.25) is 4.79 Å². The predicted molar refractivity (Wildman–Crippen MR) is 95.0 cm³/mol. The maximum Gasteiger partial charge on any atom is 0.222 e. The molecule has 2 heterocycles. The lowest BCUT2D eigenvalue weighted by Gasteiger charge is -2.35. The molecule has 3 aliphatic rings. The summed E-state index contributed by atoms with van der Waals surface area (Å²) in [5.74, 6) is 3.15. The van der Waals surface area contributed by atoms with Crippen LogP contribution in [-0.4, -0.2) is 33.4 Å². The molecule has 0 bridgehead atoms. The second-order valence-corrected chi connectivity index (χ2v) is 8.23. The summed E-state index contributed by atoms with van der Waals surface area (Å²) >= 11 is 0. The Morgan fingerprint density at radius 1 is 1.17 bits per heavy atom. The molecule has 132 valence electrons. The Kier molecular flexibility index (Phi) is 4.64. The van der Waals surface area contributed by atoms with Gasteiger partial charge in [-0.1, -0.05) is 25.7 Å². The normalized spacial score (nSPS) is 25.4. The molecule has 24 heavy (non-hydrogen) atoms. The van der Waals surface area contributed by atoms with Crippen molar-refractivity contribution in [3.05, 3.63) is 17.7 Å².